The highest BCUT2D eigenvalue weighted by Crippen LogP contribution is 2.06. The van der Waals surface area contributed by atoms with E-state index in [4.69, 9.17) is 10.8 Å². The first-order valence-corrected chi connectivity index (χ1v) is 6.60. The first-order chi connectivity index (χ1) is 9.65. The Morgan fingerprint density at radius 1 is 1.15 bits per heavy atom. The molecular formula is C15H20N2O3. The molecule has 1 amide bonds. The van der Waals surface area contributed by atoms with E-state index in [0.29, 0.717) is 25.0 Å². The summed E-state index contributed by atoms with van der Waals surface area (Å²) < 4.78 is 0. The normalized spacial score (nSPS) is 18.4. The third kappa shape index (κ3) is 5.67. The van der Waals surface area contributed by atoms with Crippen molar-refractivity contribution in [3.05, 3.63) is 48.1 Å². The van der Waals surface area contributed by atoms with Crippen LogP contribution in [0.5, 0.6) is 0 Å². The van der Waals surface area contributed by atoms with Crippen LogP contribution in [-0.2, 0) is 9.59 Å². The van der Waals surface area contributed by atoms with E-state index in [1.54, 1.807) is 36.5 Å². The van der Waals surface area contributed by atoms with Crippen LogP contribution in [0.15, 0.2) is 48.1 Å². The van der Waals surface area contributed by atoms with Gasteiger partial charge < -0.3 is 16.2 Å². The maximum absolute atomic E-state index is 12.0. The molecule has 1 aliphatic rings. The van der Waals surface area contributed by atoms with Gasteiger partial charge in [0.1, 0.15) is 6.04 Å². The van der Waals surface area contributed by atoms with Crippen LogP contribution in [-0.4, -0.2) is 29.6 Å². The summed E-state index contributed by atoms with van der Waals surface area (Å²) in [6.07, 6.45) is 14.0. The summed E-state index contributed by atoms with van der Waals surface area (Å²) in [7, 11) is 0. The molecule has 0 spiro atoms. The van der Waals surface area contributed by atoms with Gasteiger partial charge in [-0.3, -0.25) is 4.79 Å². The van der Waals surface area contributed by atoms with Crippen molar-refractivity contribution in [2.75, 3.05) is 6.54 Å². The van der Waals surface area contributed by atoms with Gasteiger partial charge in [-0.1, -0.05) is 30.4 Å². The van der Waals surface area contributed by atoms with Crippen molar-refractivity contribution >= 4 is 11.9 Å². The number of nitrogens with two attached hydrogens (primary N) is 1. The van der Waals surface area contributed by atoms with Crippen molar-refractivity contribution in [2.45, 2.75) is 25.3 Å². The number of carbonyl (C=O) groups excluding carboxylic acids is 1. The highest BCUT2D eigenvalue weighted by molar-refractivity contribution is 5.98. The molecule has 108 valence electrons. The summed E-state index contributed by atoms with van der Waals surface area (Å²) in [6, 6.07) is -0.881. The number of allylic oxidation sites excluding steroid dienone is 6. The largest absolute Gasteiger partial charge is 0.480 e. The monoisotopic (exact) mass is 276 g/mol. The van der Waals surface area contributed by atoms with E-state index in [-0.39, 0.29) is 5.91 Å². The smallest absolute Gasteiger partial charge is 0.326 e. The van der Waals surface area contributed by atoms with E-state index in [1.807, 2.05) is 6.08 Å². The molecule has 0 fully saturated rings. The molecule has 0 aromatic carbocycles. The minimum atomic E-state index is -1.03. The first-order valence-electron chi connectivity index (χ1n) is 6.60. The lowest BCUT2D eigenvalue weighted by Gasteiger charge is -2.14. The van der Waals surface area contributed by atoms with Crippen molar-refractivity contribution in [3.8, 4) is 0 Å². The molecule has 0 unspecified atom stereocenters. The Balaban J connectivity index is 2.63. The number of aliphatic carboxylic acids is 1. The maximum Gasteiger partial charge on any atom is 0.326 e. The molecule has 4 N–H and O–H groups in total. The highest BCUT2D eigenvalue weighted by Gasteiger charge is 2.20. The zero-order valence-corrected chi connectivity index (χ0v) is 11.3. The molecule has 20 heavy (non-hydrogen) atoms. The number of unbranched alkanes of at least 4 members (excludes halogenated alkanes) is 1. The van der Waals surface area contributed by atoms with Gasteiger partial charge in [0.25, 0.3) is 5.91 Å². The number of amides is 1. The minimum Gasteiger partial charge on any atom is -0.480 e. The van der Waals surface area contributed by atoms with Gasteiger partial charge in [-0.2, -0.15) is 0 Å². The zero-order chi connectivity index (χ0) is 14.8. The standard InChI is InChI=1S/C15H20N2O3/c16-11-7-6-10-13(15(19)20)17-14(18)12-8-4-2-1-3-5-9-12/h1-5,8-9,13H,6-7,10-11,16H2,(H,17,18)(H,19,20)/b2-1-,3-1?,4-2?,5-3-,8-4?,9-5?,12-8?,12-9?/t13-/m0/s1. The molecule has 0 aromatic rings. The molecule has 0 heterocycles. The topological polar surface area (TPSA) is 92.4 Å². The first kappa shape index (κ1) is 15.9. The lowest BCUT2D eigenvalue weighted by atomic mass is 10.1. The second-order valence-corrected chi connectivity index (χ2v) is 4.40. The van der Waals surface area contributed by atoms with Gasteiger partial charge >= 0.3 is 5.97 Å². The van der Waals surface area contributed by atoms with Crippen LogP contribution < -0.4 is 11.1 Å². The van der Waals surface area contributed by atoms with Crippen LogP contribution in [0, 0.1) is 0 Å². The molecule has 1 aliphatic carbocycles. The summed E-state index contributed by atoms with van der Waals surface area (Å²) >= 11 is 0. The third-order valence-corrected chi connectivity index (χ3v) is 2.81. The van der Waals surface area contributed by atoms with Crippen molar-refractivity contribution in [1.82, 2.24) is 5.32 Å². The third-order valence-electron chi connectivity index (χ3n) is 2.81. The number of carbonyl (C=O) groups is 2. The second kappa shape index (κ2) is 8.87. The van der Waals surface area contributed by atoms with Gasteiger partial charge in [-0.25, -0.2) is 4.79 Å². The van der Waals surface area contributed by atoms with Crippen LogP contribution in [0.3, 0.4) is 0 Å². The second-order valence-electron chi connectivity index (χ2n) is 4.40. The quantitative estimate of drug-likeness (QED) is 0.611. The molecule has 5 heteroatoms. The number of carboxylic acids is 1. The Morgan fingerprint density at radius 2 is 1.85 bits per heavy atom. The average Bonchev–Trinajstić information content (AvgIpc) is 2.36. The van der Waals surface area contributed by atoms with Gasteiger partial charge in [0.05, 0.1) is 0 Å². The predicted molar refractivity (Wildman–Crippen MR) is 78.0 cm³/mol. The van der Waals surface area contributed by atoms with Crippen molar-refractivity contribution in [2.24, 2.45) is 5.73 Å². The van der Waals surface area contributed by atoms with Crippen LogP contribution in [0.2, 0.25) is 0 Å². The van der Waals surface area contributed by atoms with E-state index in [1.165, 1.54) is 0 Å². The van der Waals surface area contributed by atoms with E-state index in [9.17, 15) is 9.59 Å². The SMILES string of the molecule is NCCCC[C@H](NC(=O)C1=C/C=C\C=C/C=C1)C(=O)O. The number of hydrogen-bond acceptors (Lipinski definition) is 3. The Bertz CT molecular complexity index is 462. The molecule has 1 atom stereocenters. The van der Waals surface area contributed by atoms with Gasteiger partial charge in [0, 0.05) is 5.57 Å². The van der Waals surface area contributed by atoms with Crippen LogP contribution in [0.1, 0.15) is 19.3 Å². The van der Waals surface area contributed by atoms with E-state index < -0.39 is 12.0 Å². The molecule has 1 rings (SSSR count). The Morgan fingerprint density at radius 3 is 2.55 bits per heavy atom. The van der Waals surface area contributed by atoms with Gasteiger partial charge in [-0.15, -0.1) is 0 Å². The predicted octanol–water partition coefficient (Wildman–Crippen LogP) is 1.29. The Labute approximate surface area is 118 Å². The van der Waals surface area contributed by atoms with Crippen molar-refractivity contribution in [1.29, 1.82) is 0 Å². The van der Waals surface area contributed by atoms with Gasteiger partial charge in [-0.05, 0) is 38.0 Å². The summed E-state index contributed by atoms with van der Waals surface area (Å²) in [4.78, 5) is 23.2. The fourth-order valence-corrected chi connectivity index (χ4v) is 1.71. The van der Waals surface area contributed by atoms with Crippen LogP contribution in [0.4, 0.5) is 0 Å². The Kier molecular flexibility index (Phi) is 7.06. The minimum absolute atomic E-state index is 0.380. The fraction of sp³-hybridized carbons (Fsp3) is 0.333. The number of nitrogens with one attached hydrogen (secondary N) is 1. The average molecular weight is 276 g/mol. The lowest BCUT2D eigenvalue weighted by molar-refractivity contribution is -0.141. The van der Waals surface area contributed by atoms with Crippen molar-refractivity contribution < 1.29 is 14.7 Å². The number of carboxylic acid groups (broad SMARTS) is 1. The van der Waals surface area contributed by atoms with E-state index in [0.717, 1.165) is 6.42 Å². The number of rotatable bonds is 7. The molecule has 0 bridgehead atoms. The summed E-state index contributed by atoms with van der Waals surface area (Å²) in [5.41, 5.74) is 5.80. The molecule has 0 saturated heterocycles. The van der Waals surface area contributed by atoms with Gasteiger partial charge in [0.2, 0.25) is 0 Å². The maximum atomic E-state index is 12.0. The summed E-state index contributed by atoms with van der Waals surface area (Å²) in [5.74, 6) is -1.41. The highest BCUT2D eigenvalue weighted by atomic mass is 16.4. The number of hydrogen-bond donors (Lipinski definition) is 3. The molecule has 0 saturated carbocycles. The zero-order valence-electron chi connectivity index (χ0n) is 11.3. The summed E-state index contributed by atoms with van der Waals surface area (Å²) in [6.45, 7) is 0.519. The molecular weight excluding hydrogens is 256 g/mol. The molecule has 0 radical (unpaired) electrons. The van der Waals surface area contributed by atoms with E-state index >= 15 is 0 Å². The lowest BCUT2D eigenvalue weighted by Crippen LogP contribution is -2.41. The van der Waals surface area contributed by atoms with Gasteiger partial charge in [0.15, 0.2) is 0 Å². The fourth-order valence-electron chi connectivity index (χ4n) is 1.71. The Hall–Kier alpha value is -2.14. The van der Waals surface area contributed by atoms with E-state index in [2.05, 4.69) is 5.32 Å². The van der Waals surface area contributed by atoms with Crippen LogP contribution >= 0.6 is 0 Å². The molecule has 5 nitrogen and oxygen atoms in total. The molecule has 0 aliphatic heterocycles. The summed E-state index contributed by atoms with van der Waals surface area (Å²) in [5, 5.41) is 11.6. The van der Waals surface area contributed by atoms with Crippen molar-refractivity contribution in [3.63, 3.8) is 0 Å². The van der Waals surface area contributed by atoms with Crippen LogP contribution in [0.25, 0.3) is 0 Å². The molecule has 0 aromatic heterocycles.